The molecule has 0 fully saturated rings. The van der Waals surface area contributed by atoms with E-state index in [2.05, 4.69) is 9.97 Å². The molecule has 2 heterocycles. The number of anilines is 1. The number of hydrogen-bond donors (Lipinski definition) is 3. The maximum Gasteiger partial charge on any atom is 0.155 e. The van der Waals surface area contributed by atoms with Crippen LogP contribution in [0.4, 0.5) is 14.5 Å². The van der Waals surface area contributed by atoms with Crippen molar-refractivity contribution in [1.29, 1.82) is 0 Å². The zero-order valence-corrected chi connectivity index (χ0v) is 14.6. The molecule has 4 rings (SSSR count). The van der Waals surface area contributed by atoms with E-state index in [0.29, 0.717) is 21.6 Å². The van der Waals surface area contributed by atoms with Crippen LogP contribution < -0.4 is 5.73 Å². The number of rotatable bonds is 3. The van der Waals surface area contributed by atoms with Crippen molar-refractivity contribution in [3.63, 3.8) is 0 Å². The standard InChI is InChI=1S/C20H14ClF2N3O/c21-12-3-1-10(2-4-12)11-7-13-14(9-26-20(13)25-8-11)19(27)17-15(22)5-6-16(24)18(17)23/h1-9,19,27H,24H2,(H,25,26). The summed E-state index contributed by atoms with van der Waals surface area (Å²) in [6.07, 6.45) is 1.61. The van der Waals surface area contributed by atoms with Gasteiger partial charge in [-0.05, 0) is 35.9 Å². The normalized spacial score (nSPS) is 12.4. The first kappa shape index (κ1) is 17.5. The van der Waals surface area contributed by atoms with Crippen LogP contribution in [-0.4, -0.2) is 15.1 Å². The van der Waals surface area contributed by atoms with Gasteiger partial charge in [0.1, 0.15) is 17.6 Å². The lowest BCUT2D eigenvalue weighted by atomic mass is 9.98. The molecular formula is C20H14ClF2N3O. The molecule has 0 aliphatic heterocycles. The van der Waals surface area contributed by atoms with Gasteiger partial charge in [-0.15, -0.1) is 0 Å². The minimum absolute atomic E-state index is 0.231. The molecule has 4 N–H and O–H groups in total. The van der Waals surface area contributed by atoms with Gasteiger partial charge in [-0.25, -0.2) is 13.8 Å². The average Bonchev–Trinajstić information content (AvgIpc) is 3.09. The molecule has 0 aliphatic rings. The molecule has 0 amide bonds. The molecule has 0 saturated carbocycles. The van der Waals surface area contributed by atoms with E-state index in [-0.39, 0.29) is 5.69 Å². The highest BCUT2D eigenvalue weighted by Gasteiger charge is 2.24. The van der Waals surface area contributed by atoms with Crippen LogP contribution >= 0.6 is 11.6 Å². The van der Waals surface area contributed by atoms with Gasteiger partial charge in [0, 0.05) is 33.9 Å². The molecular weight excluding hydrogens is 372 g/mol. The maximum atomic E-state index is 14.3. The van der Waals surface area contributed by atoms with Gasteiger partial charge in [0.05, 0.1) is 11.3 Å². The van der Waals surface area contributed by atoms with E-state index in [1.807, 2.05) is 12.1 Å². The highest BCUT2D eigenvalue weighted by atomic mass is 35.5. The average molecular weight is 386 g/mol. The quantitative estimate of drug-likeness (QED) is 0.442. The second-order valence-electron chi connectivity index (χ2n) is 6.14. The number of H-pyrrole nitrogens is 1. The summed E-state index contributed by atoms with van der Waals surface area (Å²) in [5.41, 5.74) is 7.24. The van der Waals surface area contributed by atoms with Crippen molar-refractivity contribution >= 4 is 28.3 Å². The molecule has 136 valence electrons. The number of aromatic amines is 1. The van der Waals surface area contributed by atoms with Crippen molar-refractivity contribution in [3.05, 3.63) is 82.6 Å². The van der Waals surface area contributed by atoms with E-state index >= 15 is 0 Å². The monoisotopic (exact) mass is 385 g/mol. The minimum Gasteiger partial charge on any atom is -0.396 e. The van der Waals surface area contributed by atoms with Gasteiger partial charge in [-0.3, -0.25) is 0 Å². The van der Waals surface area contributed by atoms with Crippen molar-refractivity contribution in [1.82, 2.24) is 9.97 Å². The van der Waals surface area contributed by atoms with Crippen LogP contribution in [0.5, 0.6) is 0 Å². The second-order valence-corrected chi connectivity index (χ2v) is 6.57. The number of benzene rings is 2. The summed E-state index contributed by atoms with van der Waals surface area (Å²) in [4.78, 5) is 7.24. The third-order valence-electron chi connectivity index (χ3n) is 4.47. The fraction of sp³-hybridized carbons (Fsp3) is 0.0500. The van der Waals surface area contributed by atoms with Crippen molar-refractivity contribution in [3.8, 4) is 11.1 Å². The molecule has 1 unspecified atom stereocenters. The molecule has 0 spiro atoms. The Kier molecular flexibility index (Phi) is 4.30. The molecule has 0 aliphatic carbocycles. The summed E-state index contributed by atoms with van der Waals surface area (Å²) in [5, 5.41) is 11.8. The van der Waals surface area contributed by atoms with Crippen LogP contribution in [0.2, 0.25) is 5.02 Å². The number of nitrogens with zero attached hydrogens (tertiary/aromatic N) is 1. The number of aromatic nitrogens is 2. The molecule has 2 aromatic carbocycles. The Balaban J connectivity index is 1.84. The van der Waals surface area contributed by atoms with Gasteiger partial charge >= 0.3 is 0 Å². The molecule has 1 atom stereocenters. The number of nitrogens with one attached hydrogen (secondary N) is 1. The first-order valence-corrected chi connectivity index (χ1v) is 8.48. The summed E-state index contributed by atoms with van der Waals surface area (Å²) < 4.78 is 28.5. The molecule has 4 aromatic rings. The van der Waals surface area contributed by atoms with Crippen LogP contribution in [0.25, 0.3) is 22.2 Å². The summed E-state index contributed by atoms with van der Waals surface area (Å²) in [6.45, 7) is 0. The highest BCUT2D eigenvalue weighted by Crippen LogP contribution is 2.34. The lowest BCUT2D eigenvalue weighted by Crippen LogP contribution is -2.07. The molecule has 27 heavy (non-hydrogen) atoms. The number of fused-ring (bicyclic) bond motifs is 1. The van der Waals surface area contributed by atoms with Gasteiger partial charge in [0.2, 0.25) is 0 Å². The first-order valence-electron chi connectivity index (χ1n) is 8.10. The van der Waals surface area contributed by atoms with Crippen molar-refractivity contribution in [2.45, 2.75) is 6.10 Å². The van der Waals surface area contributed by atoms with Crippen LogP contribution in [0, 0.1) is 11.6 Å². The van der Waals surface area contributed by atoms with E-state index < -0.39 is 23.3 Å². The Morgan fingerprint density at radius 1 is 1.07 bits per heavy atom. The van der Waals surface area contributed by atoms with Gasteiger partial charge in [0.25, 0.3) is 0 Å². The third-order valence-corrected chi connectivity index (χ3v) is 4.72. The van der Waals surface area contributed by atoms with E-state index in [1.54, 1.807) is 24.4 Å². The van der Waals surface area contributed by atoms with Crippen LogP contribution in [-0.2, 0) is 0 Å². The number of nitrogens with two attached hydrogens (primary N) is 1. The van der Waals surface area contributed by atoms with E-state index in [4.69, 9.17) is 17.3 Å². The number of aliphatic hydroxyl groups is 1. The highest BCUT2D eigenvalue weighted by molar-refractivity contribution is 6.30. The fourth-order valence-corrected chi connectivity index (χ4v) is 3.17. The zero-order valence-electron chi connectivity index (χ0n) is 13.9. The predicted octanol–water partition coefficient (Wildman–Crippen LogP) is 4.83. The van der Waals surface area contributed by atoms with Gasteiger partial charge in [-0.2, -0.15) is 0 Å². The lowest BCUT2D eigenvalue weighted by molar-refractivity contribution is 0.211. The van der Waals surface area contributed by atoms with Gasteiger partial charge < -0.3 is 15.8 Å². The molecule has 4 nitrogen and oxygen atoms in total. The number of halogens is 3. The van der Waals surface area contributed by atoms with Crippen LogP contribution in [0.3, 0.4) is 0 Å². The van der Waals surface area contributed by atoms with Gasteiger partial charge in [0.15, 0.2) is 5.82 Å². The van der Waals surface area contributed by atoms with Crippen LogP contribution in [0.1, 0.15) is 17.2 Å². The van der Waals surface area contributed by atoms with Crippen LogP contribution in [0.15, 0.2) is 54.9 Å². The van der Waals surface area contributed by atoms with Gasteiger partial charge in [-0.1, -0.05) is 23.7 Å². The van der Waals surface area contributed by atoms with E-state index in [0.717, 1.165) is 23.3 Å². The number of pyridine rings is 1. The largest absolute Gasteiger partial charge is 0.396 e. The van der Waals surface area contributed by atoms with Crippen molar-refractivity contribution in [2.75, 3.05) is 5.73 Å². The second kappa shape index (κ2) is 6.64. The Morgan fingerprint density at radius 3 is 2.56 bits per heavy atom. The zero-order chi connectivity index (χ0) is 19.1. The van der Waals surface area contributed by atoms with E-state index in [9.17, 15) is 13.9 Å². The topological polar surface area (TPSA) is 74.9 Å². The number of aliphatic hydroxyl groups excluding tert-OH is 1. The summed E-state index contributed by atoms with van der Waals surface area (Å²) >= 11 is 5.92. The summed E-state index contributed by atoms with van der Waals surface area (Å²) in [7, 11) is 0. The van der Waals surface area contributed by atoms with Crippen molar-refractivity contribution < 1.29 is 13.9 Å². The molecule has 0 bridgehead atoms. The number of nitrogen functional groups attached to an aromatic ring is 1. The Hall–Kier alpha value is -2.96. The fourth-order valence-electron chi connectivity index (χ4n) is 3.04. The number of hydrogen-bond acceptors (Lipinski definition) is 3. The Morgan fingerprint density at radius 2 is 1.81 bits per heavy atom. The Labute approximate surface area is 158 Å². The molecule has 7 heteroatoms. The third kappa shape index (κ3) is 3.03. The van der Waals surface area contributed by atoms with Crippen molar-refractivity contribution in [2.24, 2.45) is 0 Å². The maximum absolute atomic E-state index is 14.3. The minimum atomic E-state index is -1.54. The summed E-state index contributed by atoms with van der Waals surface area (Å²) in [6, 6.07) is 11.1. The van der Waals surface area contributed by atoms with E-state index in [1.165, 1.54) is 6.20 Å². The molecule has 0 saturated heterocycles. The molecule has 0 radical (unpaired) electrons. The predicted molar refractivity (Wildman–Crippen MR) is 101 cm³/mol. The first-order chi connectivity index (χ1) is 13.0. The molecule has 2 aromatic heterocycles. The summed E-state index contributed by atoms with van der Waals surface area (Å²) in [5.74, 6) is -1.84. The smallest absolute Gasteiger partial charge is 0.155 e. The SMILES string of the molecule is Nc1ccc(F)c(C(O)c2c[nH]c3ncc(-c4ccc(Cl)cc4)cc23)c1F. The lowest BCUT2D eigenvalue weighted by Gasteiger charge is -2.14. The Bertz CT molecular complexity index is 1140.